The Hall–Kier alpha value is -2.30. The van der Waals surface area contributed by atoms with Crippen molar-refractivity contribution in [2.24, 2.45) is 0 Å². The van der Waals surface area contributed by atoms with Crippen molar-refractivity contribution in [1.82, 2.24) is 15.1 Å². The standard InChI is InChI=1S/C18H23N3O2/c22-18(7-4-14-23-16-5-2-1-3-6-16)21-12-9-15(10-13-21)17-8-11-19-20-17/h1-3,5-6,8,11,15H,4,7,9-10,12-14H2,(H,19,20). The first kappa shape index (κ1) is 15.6. The topological polar surface area (TPSA) is 58.2 Å². The summed E-state index contributed by atoms with van der Waals surface area (Å²) in [6, 6.07) is 11.8. The van der Waals surface area contributed by atoms with E-state index < -0.39 is 0 Å². The Labute approximate surface area is 136 Å². The van der Waals surface area contributed by atoms with Crippen LogP contribution in [0, 0.1) is 0 Å². The summed E-state index contributed by atoms with van der Waals surface area (Å²) in [5, 5.41) is 7.05. The molecule has 5 heteroatoms. The van der Waals surface area contributed by atoms with Crippen molar-refractivity contribution < 1.29 is 9.53 Å². The number of likely N-dealkylation sites (tertiary alicyclic amines) is 1. The van der Waals surface area contributed by atoms with Gasteiger partial charge in [-0.15, -0.1) is 0 Å². The number of ether oxygens (including phenoxy) is 1. The van der Waals surface area contributed by atoms with Crippen LogP contribution < -0.4 is 4.74 Å². The third kappa shape index (κ3) is 4.34. The maximum Gasteiger partial charge on any atom is 0.222 e. The number of carbonyl (C=O) groups excluding carboxylic acids is 1. The van der Waals surface area contributed by atoms with Crippen LogP contribution in [0.1, 0.15) is 37.3 Å². The van der Waals surface area contributed by atoms with Gasteiger partial charge in [0.05, 0.1) is 6.61 Å². The van der Waals surface area contributed by atoms with Gasteiger partial charge in [-0.25, -0.2) is 0 Å². The number of piperidine rings is 1. The molecule has 122 valence electrons. The van der Waals surface area contributed by atoms with E-state index in [2.05, 4.69) is 10.2 Å². The van der Waals surface area contributed by atoms with Crippen molar-refractivity contribution in [3.8, 4) is 5.75 Å². The number of nitrogens with zero attached hydrogens (tertiary/aromatic N) is 2. The smallest absolute Gasteiger partial charge is 0.222 e. The van der Waals surface area contributed by atoms with Gasteiger partial charge in [-0.1, -0.05) is 18.2 Å². The number of carbonyl (C=O) groups is 1. The number of benzene rings is 1. The number of hydrogen-bond donors (Lipinski definition) is 1. The van der Waals surface area contributed by atoms with Crippen LogP contribution in [0.25, 0.3) is 0 Å². The molecule has 0 radical (unpaired) electrons. The Kier molecular flexibility index (Phi) is 5.29. The van der Waals surface area contributed by atoms with Crippen LogP contribution in [-0.2, 0) is 4.79 Å². The third-order valence-corrected chi connectivity index (χ3v) is 4.36. The lowest BCUT2D eigenvalue weighted by molar-refractivity contribution is -0.132. The van der Waals surface area contributed by atoms with E-state index in [1.807, 2.05) is 41.3 Å². The molecule has 0 atom stereocenters. The van der Waals surface area contributed by atoms with Gasteiger partial charge in [0.2, 0.25) is 5.91 Å². The Morgan fingerprint density at radius 2 is 2.00 bits per heavy atom. The minimum atomic E-state index is 0.240. The molecule has 1 aliphatic heterocycles. The minimum Gasteiger partial charge on any atom is -0.494 e. The van der Waals surface area contributed by atoms with E-state index in [0.29, 0.717) is 18.9 Å². The molecule has 23 heavy (non-hydrogen) atoms. The lowest BCUT2D eigenvalue weighted by atomic mass is 9.93. The number of hydrogen-bond acceptors (Lipinski definition) is 3. The summed E-state index contributed by atoms with van der Waals surface area (Å²) in [5.74, 6) is 1.60. The number of H-pyrrole nitrogens is 1. The van der Waals surface area contributed by atoms with E-state index in [-0.39, 0.29) is 5.91 Å². The van der Waals surface area contributed by atoms with E-state index in [0.717, 1.165) is 38.1 Å². The molecule has 1 aromatic heterocycles. The number of aromatic nitrogens is 2. The molecule has 1 N–H and O–H groups in total. The molecule has 0 aliphatic carbocycles. The zero-order chi connectivity index (χ0) is 15.9. The second-order valence-electron chi connectivity index (χ2n) is 5.93. The monoisotopic (exact) mass is 313 g/mol. The summed E-state index contributed by atoms with van der Waals surface area (Å²) in [7, 11) is 0. The van der Waals surface area contributed by atoms with Crippen molar-refractivity contribution >= 4 is 5.91 Å². The van der Waals surface area contributed by atoms with Gasteiger partial charge in [-0.2, -0.15) is 5.10 Å². The summed E-state index contributed by atoms with van der Waals surface area (Å²) >= 11 is 0. The fraction of sp³-hybridized carbons (Fsp3) is 0.444. The fourth-order valence-corrected chi connectivity index (χ4v) is 3.02. The van der Waals surface area contributed by atoms with Crippen LogP contribution in [0.5, 0.6) is 5.75 Å². The highest BCUT2D eigenvalue weighted by Gasteiger charge is 2.24. The second-order valence-corrected chi connectivity index (χ2v) is 5.93. The van der Waals surface area contributed by atoms with Crippen molar-refractivity contribution in [1.29, 1.82) is 0 Å². The Morgan fingerprint density at radius 3 is 2.70 bits per heavy atom. The van der Waals surface area contributed by atoms with Gasteiger partial charge in [-0.3, -0.25) is 9.89 Å². The number of rotatable bonds is 6. The molecule has 0 bridgehead atoms. The molecule has 0 spiro atoms. The Balaban J connectivity index is 1.35. The molecular formula is C18H23N3O2. The summed E-state index contributed by atoms with van der Waals surface area (Å²) in [6.07, 6.45) is 5.12. The first-order valence-corrected chi connectivity index (χ1v) is 8.28. The largest absolute Gasteiger partial charge is 0.494 e. The van der Waals surface area contributed by atoms with Crippen molar-refractivity contribution in [2.75, 3.05) is 19.7 Å². The predicted octanol–water partition coefficient (Wildman–Crippen LogP) is 2.97. The molecule has 0 unspecified atom stereocenters. The fourth-order valence-electron chi connectivity index (χ4n) is 3.02. The third-order valence-electron chi connectivity index (χ3n) is 4.36. The summed E-state index contributed by atoms with van der Waals surface area (Å²) < 4.78 is 5.63. The molecule has 5 nitrogen and oxygen atoms in total. The van der Waals surface area contributed by atoms with Crippen LogP contribution in [-0.4, -0.2) is 40.7 Å². The van der Waals surface area contributed by atoms with E-state index in [1.54, 1.807) is 6.20 Å². The lowest BCUT2D eigenvalue weighted by Crippen LogP contribution is -2.38. The summed E-state index contributed by atoms with van der Waals surface area (Å²) in [4.78, 5) is 14.2. The van der Waals surface area contributed by atoms with Gasteiger partial charge < -0.3 is 9.64 Å². The molecule has 2 heterocycles. The molecule has 1 aliphatic rings. The molecule has 1 aromatic carbocycles. The Bertz CT molecular complexity index is 590. The van der Waals surface area contributed by atoms with Gasteiger partial charge in [0.15, 0.2) is 0 Å². The zero-order valence-corrected chi connectivity index (χ0v) is 13.3. The average Bonchev–Trinajstić information content (AvgIpc) is 3.14. The number of nitrogens with one attached hydrogen (secondary N) is 1. The number of aromatic amines is 1. The first-order chi connectivity index (χ1) is 11.3. The molecular weight excluding hydrogens is 290 g/mol. The predicted molar refractivity (Wildman–Crippen MR) is 88.3 cm³/mol. The van der Waals surface area contributed by atoms with Gasteiger partial charge in [0.25, 0.3) is 0 Å². The molecule has 2 aromatic rings. The highest BCUT2D eigenvalue weighted by Crippen LogP contribution is 2.26. The number of para-hydroxylation sites is 1. The van der Waals surface area contributed by atoms with E-state index >= 15 is 0 Å². The number of amides is 1. The maximum atomic E-state index is 12.3. The zero-order valence-electron chi connectivity index (χ0n) is 13.3. The van der Waals surface area contributed by atoms with Crippen LogP contribution in [0.15, 0.2) is 42.6 Å². The SMILES string of the molecule is O=C(CCCOc1ccccc1)N1CCC(c2ccn[nH]2)CC1. The molecule has 1 fully saturated rings. The van der Waals surface area contributed by atoms with Crippen LogP contribution >= 0.6 is 0 Å². The Morgan fingerprint density at radius 1 is 1.22 bits per heavy atom. The lowest BCUT2D eigenvalue weighted by Gasteiger charge is -2.31. The summed E-state index contributed by atoms with van der Waals surface area (Å²) in [5.41, 5.74) is 1.19. The van der Waals surface area contributed by atoms with Crippen molar-refractivity contribution in [2.45, 2.75) is 31.6 Å². The average molecular weight is 313 g/mol. The van der Waals surface area contributed by atoms with Crippen molar-refractivity contribution in [3.05, 3.63) is 48.3 Å². The molecule has 1 amide bonds. The van der Waals surface area contributed by atoms with Crippen LogP contribution in [0.3, 0.4) is 0 Å². The van der Waals surface area contributed by atoms with E-state index in [9.17, 15) is 4.79 Å². The van der Waals surface area contributed by atoms with Gasteiger partial charge in [0.1, 0.15) is 5.75 Å². The highest BCUT2D eigenvalue weighted by atomic mass is 16.5. The molecule has 1 saturated heterocycles. The second kappa shape index (κ2) is 7.81. The highest BCUT2D eigenvalue weighted by molar-refractivity contribution is 5.76. The van der Waals surface area contributed by atoms with Crippen LogP contribution in [0.2, 0.25) is 0 Å². The van der Waals surface area contributed by atoms with E-state index in [1.165, 1.54) is 5.69 Å². The minimum absolute atomic E-state index is 0.240. The summed E-state index contributed by atoms with van der Waals surface area (Å²) in [6.45, 7) is 2.25. The quantitative estimate of drug-likeness (QED) is 0.834. The van der Waals surface area contributed by atoms with Crippen molar-refractivity contribution in [3.63, 3.8) is 0 Å². The van der Waals surface area contributed by atoms with Crippen LogP contribution in [0.4, 0.5) is 0 Å². The van der Waals surface area contributed by atoms with Gasteiger partial charge in [-0.05, 0) is 37.5 Å². The normalized spacial score (nSPS) is 15.6. The van der Waals surface area contributed by atoms with E-state index in [4.69, 9.17) is 4.74 Å². The first-order valence-electron chi connectivity index (χ1n) is 8.28. The maximum absolute atomic E-state index is 12.3. The van der Waals surface area contributed by atoms with Gasteiger partial charge >= 0.3 is 0 Å². The van der Waals surface area contributed by atoms with Gasteiger partial charge in [0, 0.05) is 37.3 Å². The molecule has 0 saturated carbocycles. The molecule has 3 rings (SSSR count).